The van der Waals surface area contributed by atoms with Gasteiger partial charge in [0.05, 0.1) is 6.54 Å². The molecule has 0 spiro atoms. The summed E-state index contributed by atoms with van der Waals surface area (Å²) < 4.78 is 0. The average Bonchev–Trinajstić information content (AvgIpc) is 3.16. The van der Waals surface area contributed by atoms with Crippen molar-refractivity contribution in [2.75, 3.05) is 6.54 Å². The van der Waals surface area contributed by atoms with E-state index in [4.69, 9.17) is 21.8 Å². The van der Waals surface area contributed by atoms with Gasteiger partial charge >= 0.3 is 0 Å². The third-order valence-electron chi connectivity index (χ3n) is 4.74. The lowest BCUT2D eigenvalue weighted by Crippen LogP contribution is -2.17. The maximum atomic E-state index is 5.96. The molecule has 1 heterocycles. The molecule has 0 fully saturated rings. The van der Waals surface area contributed by atoms with Crippen LogP contribution in [0.25, 0.3) is 11.3 Å². The molecule has 0 saturated carbocycles. The van der Waals surface area contributed by atoms with Crippen LogP contribution in [0.4, 0.5) is 0 Å². The molecule has 4 rings (SSSR count). The fraction of sp³-hybridized carbons (Fsp3) is 0.167. The van der Waals surface area contributed by atoms with Crippen LogP contribution >= 0.6 is 11.6 Å². The number of nitrogens with zero attached hydrogens (tertiary/aromatic N) is 3. The number of nitrogens with one attached hydrogen (secondary N) is 1. The highest BCUT2D eigenvalue weighted by Gasteiger charge is 2.13. The van der Waals surface area contributed by atoms with Crippen molar-refractivity contribution in [1.29, 1.82) is 0 Å². The zero-order valence-electron chi connectivity index (χ0n) is 16.1. The van der Waals surface area contributed by atoms with Crippen LogP contribution in [-0.2, 0) is 19.5 Å². The fourth-order valence-corrected chi connectivity index (χ4v) is 3.36. The summed E-state index contributed by atoms with van der Waals surface area (Å²) >= 11 is 5.96. The molecule has 0 aliphatic carbocycles. The van der Waals surface area contributed by atoms with Gasteiger partial charge in [0.15, 0.2) is 0 Å². The largest absolute Gasteiger partial charge is 0.311 e. The topological polar surface area (TPSA) is 42.7 Å². The lowest BCUT2D eigenvalue weighted by Gasteiger charge is -2.05. The third-order valence-corrected chi connectivity index (χ3v) is 4.99. The van der Waals surface area contributed by atoms with E-state index in [-0.39, 0.29) is 0 Å². The second-order valence-corrected chi connectivity index (χ2v) is 7.37. The fourth-order valence-electron chi connectivity index (χ4n) is 3.23. The van der Waals surface area contributed by atoms with Gasteiger partial charge in [-0.2, -0.15) is 15.0 Å². The highest BCUT2D eigenvalue weighted by Crippen LogP contribution is 2.20. The van der Waals surface area contributed by atoms with Gasteiger partial charge in [0.25, 0.3) is 0 Å². The van der Waals surface area contributed by atoms with E-state index in [1.165, 1.54) is 11.1 Å². The summed E-state index contributed by atoms with van der Waals surface area (Å²) in [6.45, 7) is 2.19. The van der Waals surface area contributed by atoms with Crippen molar-refractivity contribution in [1.82, 2.24) is 20.3 Å². The first-order valence-electron chi connectivity index (χ1n) is 9.76. The first-order chi connectivity index (χ1) is 14.3. The Kier molecular flexibility index (Phi) is 6.35. The molecule has 0 amide bonds. The molecule has 4 aromatic rings. The molecule has 0 atom stereocenters. The molecule has 0 aliphatic rings. The number of halogens is 1. The zero-order valence-corrected chi connectivity index (χ0v) is 16.9. The van der Waals surface area contributed by atoms with E-state index in [0.717, 1.165) is 34.9 Å². The minimum Gasteiger partial charge on any atom is -0.311 e. The van der Waals surface area contributed by atoms with E-state index in [1.807, 2.05) is 48.5 Å². The number of benzene rings is 3. The van der Waals surface area contributed by atoms with Crippen molar-refractivity contribution < 1.29 is 0 Å². The van der Waals surface area contributed by atoms with E-state index >= 15 is 0 Å². The summed E-state index contributed by atoms with van der Waals surface area (Å²) in [4.78, 5) is 1.79. The Morgan fingerprint density at radius 2 is 1.45 bits per heavy atom. The number of rotatable bonds is 8. The summed E-state index contributed by atoms with van der Waals surface area (Å²) in [7, 11) is 0. The Morgan fingerprint density at radius 1 is 0.759 bits per heavy atom. The minimum atomic E-state index is 0.658. The molecule has 146 valence electrons. The SMILES string of the molecule is Clc1ccc(CCNCc2nn(Cc3ccccc3)nc2-c2ccccc2)cc1. The molecule has 1 aromatic heterocycles. The van der Waals surface area contributed by atoms with Gasteiger partial charge in [-0.15, -0.1) is 0 Å². The van der Waals surface area contributed by atoms with Crippen LogP contribution in [0.1, 0.15) is 16.8 Å². The monoisotopic (exact) mass is 402 g/mol. The van der Waals surface area contributed by atoms with Gasteiger partial charge in [-0.1, -0.05) is 84.4 Å². The first-order valence-corrected chi connectivity index (χ1v) is 10.1. The van der Waals surface area contributed by atoms with Crippen LogP contribution in [0, 0.1) is 0 Å². The Balaban J connectivity index is 1.46. The van der Waals surface area contributed by atoms with E-state index in [2.05, 4.69) is 41.7 Å². The third kappa shape index (κ3) is 5.31. The van der Waals surface area contributed by atoms with E-state index < -0.39 is 0 Å². The van der Waals surface area contributed by atoms with Crippen molar-refractivity contribution in [3.8, 4) is 11.3 Å². The highest BCUT2D eigenvalue weighted by molar-refractivity contribution is 6.30. The molecule has 3 aromatic carbocycles. The lowest BCUT2D eigenvalue weighted by molar-refractivity contribution is 0.577. The van der Waals surface area contributed by atoms with Crippen molar-refractivity contribution in [3.05, 3.63) is 107 Å². The van der Waals surface area contributed by atoms with Crippen LogP contribution in [-0.4, -0.2) is 21.5 Å². The molecule has 0 unspecified atom stereocenters. The molecule has 0 saturated heterocycles. The first kappa shape index (κ1) is 19.4. The van der Waals surface area contributed by atoms with Gasteiger partial charge in [-0.05, 0) is 36.2 Å². The molecule has 0 radical (unpaired) electrons. The van der Waals surface area contributed by atoms with Crippen molar-refractivity contribution in [3.63, 3.8) is 0 Å². The summed E-state index contributed by atoms with van der Waals surface area (Å²) in [5.41, 5.74) is 5.42. The predicted octanol–water partition coefficient (Wildman–Crippen LogP) is 4.98. The van der Waals surface area contributed by atoms with Crippen molar-refractivity contribution in [2.45, 2.75) is 19.5 Å². The van der Waals surface area contributed by atoms with Crippen LogP contribution < -0.4 is 5.32 Å². The molecular formula is C24H23ClN4. The quantitative estimate of drug-likeness (QED) is 0.423. The van der Waals surface area contributed by atoms with Crippen LogP contribution in [0.3, 0.4) is 0 Å². The van der Waals surface area contributed by atoms with E-state index in [9.17, 15) is 0 Å². The molecule has 4 nitrogen and oxygen atoms in total. The summed E-state index contributed by atoms with van der Waals surface area (Å²) in [5.74, 6) is 0. The zero-order chi connectivity index (χ0) is 19.9. The van der Waals surface area contributed by atoms with Crippen LogP contribution in [0.15, 0.2) is 84.9 Å². The van der Waals surface area contributed by atoms with E-state index in [1.54, 1.807) is 4.80 Å². The highest BCUT2D eigenvalue weighted by atomic mass is 35.5. The second kappa shape index (κ2) is 9.50. The Bertz CT molecular complexity index is 1030. The second-order valence-electron chi connectivity index (χ2n) is 6.93. The van der Waals surface area contributed by atoms with Gasteiger partial charge in [0.2, 0.25) is 0 Å². The minimum absolute atomic E-state index is 0.658. The Morgan fingerprint density at radius 3 is 2.17 bits per heavy atom. The molecule has 0 aliphatic heterocycles. The lowest BCUT2D eigenvalue weighted by atomic mass is 10.1. The van der Waals surface area contributed by atoms with Crippen LogP contribution in [0.5, 0.6) is 0 Å². The maximum Gasteiger partial charge on any atom is 0.117 e. The van der Waals surface area contributed by atoms with Gasteiger partial charge in [-0.25, -0.2) is 0 Å². The molecule has 29 heavy (non-hydrogen) atoms. The standard InChI is InChI=1S/C24H23ClN4/c25-22-13-11-19(12-14-22)15-16-26-17-23-24(21-9-5-2-6-10-21)28-29(27-23)18-20-7-3-1-4-8-20/h1-14,26H,15-18H2. The molecular weight excluding hydrogens is 380 g/mol. The molecule has 5 heteroatoms. The maximum absolute atomic E-state index is 5.96. The van der Waals surface area contributed by atoms with Gasteiger partial charge in [0, 0.05) is 17.1 Å². The van der Waals surface area contributed by atoms with Crippen LogP contribution in [0.2, 0.25) is 5.02 Å². The summed E-state index contributed by atoms with van der Waals surface area (Å²) in [6.07, 6.45) is 0.940. The smallest absolute Gasteiger partial charge is 0.117 e. The van der Waals surface area contributed by atoms with Gasteiger partial charge in [0.1, 0.15) is 11.4 Å². The van der Waals surface area contributed by atoms with Gasteiger partial charge in [-0.3, -0.25) is 0 Å². The summed E-state index contributed by atoms with van der Waals surface area (Å²) in [6, 6.07) is 28.5. The summed E-state index contributed by atoms with van der Waals surface area (Å²) in [5, 5.41) is 13.8. The van der Waals surface area contributed by atoms with E-state index in [0.29, 0.717) is 13.1 Å². The Labute approximate surface area is 176 Å². The number of aromatic nitrogens is 3. The molecule has 0 bridgehead atoms. The number of hydrogen-bond acceptors (Lipinski definition) is 3. The van der Waals surface area contributed by atoms with Gasteiger partial charge < -0.3 is 5.32 Å². The normalized spacial score (nSPS) is 10.9. The van der Waals surface area contributed by atoms with Crippen molar-refractivity contribution >= 4 is 11.6 Å². The average molecular weight is 403 g/mol. The van der Waals surface area contributed by atoms with Crippen molar-refractivity contribution in [2.24, 2.45) is 0 Å². The number of hydrogen-bond donors (Lipinski definition) is 1. The molecule has 1 N–H and O–H groups in total. The predicted molar refractivity (Wildman–Crippen MR) is 118 cm³/mol. The Hall–Kier alpha value is -2.95.